The quantitative estimate of drug-likeness (QED) is 0.138. The molecule has 0 N–H and O–H groups in total. The van der Waals surface area contributed by atoms with Gasteiger partial charge in [-0.3, -0.25) is 0 Å². The van der Waals surface area contributed by atoms with Gasteiger partial charge >= 0.3 is 5.97 Å². The number of rotatable bonds is 14. The maximum absolute atomic E-state index is 14.2. The van der Waals surface area contributed by atoms with E-state index in [9.17, 15) is 4.79 Å². The van der Waals surface area contributed by atoms with E-state index in [1.54, 1.807) is 11.1 Å². The Morgan fingerprint density at radius 1 is 0.578 bits per heavy atom. The lowest BCUT2D eigenvalue weighted by Gasteiger charge is -2.58. The summed E-state index contributed by atoms with van der Waals surface area (Å²) < 4.78 is 13.4. The number of hydrogen-bond acceptors (Lipinski definition) is 3. The molecule has 64 heavy (non-hydrogen) atoms. The number of ether oxygens (including phenoxy) is 2. The van der Waals surface area contributed by atoms with Gasteiger partial charge in [-0.05, 0) is 195 Å². The fourth-order valence-corrected chi connectivity index (χ4v) is 18.6. The van der Waals surface area contributed by atoms with Crippen LogP contribution in [0.5, 0.6) is 5.75 Å². The molecule has 16 atom stereocenters. The monoisotopic (exact) mass is 875 g/mol. The maximum atomic E-state index is 14.2. The SMILES string of the molecule is CC(C)CCC[C@@H](C)[C@H]1CC[C@H]2[C@@H]3CC=C4C[C@@H](OC(=O)c5ccccc5O[C@H]5CC[C@@]6(C)C(=CC[C@H]7[C@@H]8CC[C@H]([C@H](C)CCCC(C)C)[C@@]8(C)CC[C@@H]76)C5)CC[C@]4(C)[C@H]3CC[C@]12C. The van der Waals surface area contributed by atoms with Crippen molar-refractivity contribution in [3.05, 3.63) is 53.1 Å². The number of hydrogen-bond donors (Lipinski definition) is 0. The van der Waals surface area contributed by atoms with Crippen molar-refractivity contribution in [2.45, 2.75) is 223 Å². The first-order valence-corrected chi connectivity index (χ1v) is 27.9. The van der Waals surface area contributed by atoms with Crippen molar-refractivity contribution in [2.75, 3.05) is 0 Å². The zero-order chi connectivity index (χ0) is 45.2. The number of esters is 1. The minimum atomic E-state index is -0.193. The lowest BCUT2D eigenvalue weighted by atomic mass is 9.47. The highest BCUT2D eigenvalue weighted by Crippen LogP contribution is 2.69. The summed E-state index contributed by atoms with van der Waals surface area (Å²) in [7, 11) is 0. The molecular weight excluding hydrogens is 781 g/mol. The van der Waals surface area contributed by atoms with Crippen molar-refractivity contribution in [2.24, 2.45) is 92.7 Å². The molecule has 8 aliphatic carbocycles. The van der Waals surface area contributed by atoms with Crippen LogP contribution in [-0.2, 0) is 4.74 Å². The van der Waals surface area contributed by atoms with Gasteiger partial charge in [0.05, 0.1) is 0 Å². The average molecular weight is 875 g/mol. The Morgan fingerprint density at radius 2 is 1.06 bits per heavy atom. The fourth-order valence-electron chi connectivity index (χ4n) is 18.6. The van der Waals surface area contributed by atoms with Gasteiger partial charge in [0.2, 0.25) is 0 Å². The second kappa shape index (κ2) is 18.5. The second-order valence-corrected chi connectivity index (χ2v) is 26.3. The predicted molar refractivity (Wildman–Crippen MR) is 266 cm³/mol. The molecule has 0 unspecified atom stereocenters. The van der Waals surface area contributed by atoms with Gasteiger partial charge in [0, 0.05) is 12.8 Å². The van der Waals surface area contributed by atoms with Crippen LogP contribution >= 0.6 is 0 Å². The largest absolute Gasteiger partial charge is 0.489 e. The van der Waals surface area contributed by atoms with Crippen LogP contribution in [0, 0.1) is 92.7 Å². The van der Waals surface area contributed by atoms with E-state index in [0.717, 1.165) is 109 Å². The zero-order valence-electron chi connectivity index (χ0n) is 42.8. The van der Waals surface area contributed by atoms with Crippen molar-refractivity contribution < 1.29 is 14.3 Å². The van der Waals surface area contributed by atoms with Crippen LogP contribution in [0.15, 0.2) is 47.6 Å². The topological polar surface area (TPSA) is 35.5 Å². The second-order valence-electron chi connectivity index (χ2n) is 26.3. The highest BCUT2D eigenvalue weighted by atomic mass is 16.5. The maximum Gasteiger partial charge on any atom is 0.342 e. The van der Waals surface area contributed by atoms with Crippen LogP contribution in [0.3, 0.4) is 0 Å². The van der Waals surface area contributed by atoms with Crippen LogP contribution < -0.4 is 4.74 Å². The van der Waals surface area contributed by atoms with Gasteiger partial charge in [0.1, 0.15) is 23.5 Å². The third-order valence-corrected chi connectivity index (χ3v) is 22.2. The molecule has 3 heteroatoms. The summed E-state index contributed by atoms with van der Waals surface area (Å²) in [5.41, 5.74) is 5.43. The Kier molecular flexibility index (Phi) is 13.6. The van der Waals surface area contributed by atoms with E-state index in [2.05, 4.69) is 81.4 Å². The Bertz CT molecular complexity index is 1870. The Labute approximate surface area is 392 Å². The van der Waals surface area contributed by atoms with E-state index in [0.29, 0.717) is 16.4 Å². The fraction of sp³-hybridized carbons (Fsp3) is 0.820. The summed E-state index contributed by atoms with van der Waals surface area (Å²) in [4.78, 5) is 14.2. The number of allylic oxidation sites excluding steroid dienone is 2. The van der Waals surface area contributed by atoms with E-state index in [1.165, 1.54) is 109 Å². The summed E-state index contributed by atoms with van der Waals surface area (Å²) in [6, 6.07) is 8.00. The minimum Gasteiger partial charge on any atom is -0.489 e. The normalized spacial score (nSPS) is 42.2. The highest BCUT2D eigenvalue weighted by molar-refractivity contribution is 5.92. The van der Waals surface area contributed by atoms with Crippen LogP contribution in [0.25, 0.3) is 0 Å². The Hall–Kier alpha value is -2.03. The Balaban J connectivity index is 0.806. The van der Waals surface area contributed by atoms with Gasteiger partial charge in [-0.1, -0.05) is 143 Å². The van der Waals surface area contributed by atoms with Gasteiger partial charge in [0.25, 0.3) is 0 Å². The van der Waals surface area contributed by atoms with Gasteiger partial charge in [-0.25, -0.2) is 4.79 Å². The smallest absolute Gasteiger partial charge is 0.342 e. The molecule has 8 aliphatic rings. The van der Waals surface area contributed by atoms with E-state index in [1.807, 2.05) is 24.3 Å². The molecule has 3 nitrogen and oxygen atoms in total. The van der Waals surface area contributed by atoms with Crippen molar-refractivity contribution in [3.63, 3.8) is 0 Å². The molecule has 0 aromatic heterocycles. The summed E-state index contributed by atoms with van der Waals surface area (Å²) in [6.07, 6.45) is 34.0. The molecule has 6 fully saturated rings. The zero-order valence-corrected chi connectivity index (χ0v) is 42.8. The lowest BCUT2D eigenvalue weighted by Crippen LogP contribution is -2.51. The molecule has 0 aliphatic heterocycles. The first-order valence-electron chi connectivity index (χ1n) is 27.9. The molecule has 0 radical (unpaired) electrons. The van der Waals surface area contributed by atoms with Crippen molar-refractivity contribution in [3.8, 4) is 5.75 Å². The summed E-state index contributed by atoms with van der Waals surface area (Å²) in [5.74, 6) is 10.7. The molecule has 0 saturated heterocycles. The molecule has 1 aromatic carbocycles. The average Bonchev–Trinajstić information content (AvgIpc) is 3.80. The van der Waals surface area contributed by atoms with Gasteiger partial charge < -0.3 is 9.47 Å². The lowest BCUT2D eigenvalue weighted by molar-refractivity contribution is -0.0595. The van der Waals surface area contributed by atoms with Gasteiger partial charge in [-0.15, -0.1) is 0 Å². The number of fused-ring (bicyclic) bond motifs is 10. The van der Waals surface area contributed by atoms with E-state index in [-0.39, 0.29) is 29.0 Å². The molecule has 0 heterocycles. The van der Waals surface area contributed by atoms with Gasteiger partial charge in [-0.2, -0.15) is 0 Å². The van der Waals surface area contributed by atoms with Crippen LogP contribution in [-0.4, -0.2) is 18.2 Å². The molecule has 356 valence electrons. The molecular formula is C61H94O3. The van der Waals surface area contributed by atoms with Crippen LogP contribution in [0.4, 0.5) is 0 Å². The number of benzene rings is 1. The van der Waals surface area contributed by atoms with E-state index < -0.39 is 0 Å². The number of para-hydroxylation sites is 1. The first-order chi connectivity index (χ1) is 30.5. The molecule has 1 aromatic rings. The van der Waals surface area contributed by atoms with Crippen molar-refractivity contribution >= 4 is 5.97 Å². The summed E-state index contributed by atoms with van der Waals surface area (Å²) in [6.45, 7) is 25.4. The molecule has 0 bridgehead atoms. The van der Waals surface area contributed by atoms with Crippen LogP contribution in [0.2, 0.25) is 0 Å². The van der Waals surface area contributed by atoms with Crippen molar-refractivity contribution in [1.82, 2.24) is 0 Å². The highest BCUT2D eigenvalue weighted by Gasteiger charge is 2.61. The third-order valence-electron chi connectivity index (χ3n) is 22.2. The standard InChI is InChI=1S/C61H94O3/c1-39(2)15-13-17-41(5)50-25-27-52-47-23-21-43-37-45(29-33-58(43,7)54(47)31-35-60(50,52)9)63-56-20-12-11-19-49(56)57(62)64-46-30-34-59(8)44(38-46)22-24-48-53-28-26-51(42(6)18-14-16-40(3)4)61(53,10)36-32-55(48)59/h11-12,19-22,39-42,45-48,50-55H,13-18,23-38H2,1-10H3/t41-,42-,45+,46+,47+,48+,50-,51-,52+,53+,54+,55+,58+,59+,60-,61-/m1/s1. The first kappa shape index (κ1) is 47.1. The summed E-state index contributed by atoms with van der Waals surface area (Å²) >= 11 is 0. The number of carbonyl (C=O) groups excluding carboxylic acids is 1. The van der Waals surface area contributed by atoms with E-state index >= 15 is 0 Å². The minimum absolute atomic E-state index is 0.0517. The molecule has 0 spiro atoms. The number of carbonyl (C=O) groups is 1. The van der Waals surface area contributed by atoms with Crippen molar-refractivity contribution in [1.29, 1.82) is 0 Å². The third kappa shape index (κ3) is 8.46. The van der Waals surface area contributed by atoms with Gasteiger partial charge in [0.15, 0.2) is 0 Å². The van der Waals surface area contributed by atoms with E-state index in [4.69, 9.17) is 9.47 Å². The predicted octanol–water partition coefficient (Wildman–Crippen LogP) is 17.0. The molecule has 6 saturated carbocycles. The molecule has 9 rings (SSSR count). The molecule has 0 amide bonds. The van der Waals surface area contributed by atoms with Crippen LogP contribution in [0.1, 0.15) is 221 Å². The Morgan fingerprint density at radius 3 is 1.58 bits per heavy atom. The summed E-state index contributed by atoms with van der Waals surface area (Å²) in [5, 5.41) is 0.